The van der Waals surface area contributed by atoms with E-state index in [1.54, 1.807) is 0 Å². The molecule has 0 unspecified atom stereocenters. The van der Waals surface area contributed by atoms with Gasteiger partial charge in [-0.25, -0.2) is 0 Å². The summed E-state index contributed by atoms with van der Waals surface area (Å²) >= 11 is 6.52. The van der Waals surface area contributed by atoms with Crippen molar-refractivity contribution in [3.63, 3.8) is 0 Å². The Bertz CT molecular complexity index is 382. The summed E-state index contributed by atoms with van der Waals surface area (Å²) in [5, 5.41) is 0. The standard InChI is InChI=1S/C12H14Br2O/c1-6-5-7(2)9(4)10(8(6)3)11(15)12(13)14/h5,12H,1-4H3. The fraction of sp³-hybridized carbons (Fsp3) is 0.417. The zero-order valence-electron chi connectivity index (χ0n) is 9.32. The van der Waals surface area contributed by atoms with Gasteiger partial charge in [0.1, 0.15) is 3.74 Å². The van der Waals surface area contributed by atoms with Gasteiger partial charge in [0.2, 0.25) is 0 Å². The van der Waals surface area contributed by atoms with Crippen molar-refractivity contribution < 1.29 is 4.79 Å². The van der Waals surface area contributed by atoms with Gasteiger partial charge < -0.3 is 0 Å². The van der Waals surface area contributed by atoms with Gasteiger partial charge in [0.25, 0.3) is 0 Å². The van der Waals surface area contributed by atoms with Crippen LogP contribution in [0.1, 0.15) is 32.6 Å². The molecule has 0 N–H and O–H groups in total. The molecule has 1 aromatic rings. The number of carbonyl (C=O) groups is 1. The van der Waals surface area contributed by atoms with Crippen LogP contribution in [0.2, 0.25) is 0 Å². The second-order valence-electron chi connectivity index (χ2n) is 3.80. The first kappa shape index (κ1) is 12.9. The average Bonchev–Trinajstić information content (AvgIpc) is 2.15. The summed E-state index contributed by atoms with van der Waals surface area (Å²) in [6.07, 6.45) is 0. The molecule has 3 heteroatoms. The Morgan fingerprint density at radius 3 is 1.80 bits per heavy atom. The molecule has 0 aliphatic rings. The Labute approximate surface area is 108 Å². The number of rotatable bonds is 2. The molecule has 0 heterocycles. The summed E-state index contributed by atoms with van der Waals surface area (Å²) in [5.74, 6) is 0.0943. The third-order valence-electron chi connectivity index (χ3n) is 2.81. The van der Waals surface area contributed by atoms with Crippen molar-refractivity contribution in [2.24, 2.45) is 0 Å². The summed E-state index contributed by atoms with van der Waals surface area (Å²) in [6.45, 7) is 8.07. The Hall–Kier alpha value is -0.150. The predicted octanol–water partition coefficient (Wildman–Crippen LogP) is 4.22. The van der Waals surface area contributed by atoms with E-state index in [1.807, 2.05) is 27.7 Å². The highest BCUT2D eigenvalue weighted by Gasteiger charge is 2.20. The largest absolute Gasteiger partial charge is 0.292 e. The van der Waals surface area contributed by atoms with E-state index < -0.39 is 0 Å². The van der Waals surface area contributed by atoms with Crippen LogP contribution in [0, 0.1) is 27.7 Å². The van der Waals surface area contributed by atoms with E-state index >= 15 is 0 Å². The molecule has 0 aromatic heterocycles. The maximum Gasteiger partial charge on any atom is 0.187 e. The second-order valence-corrected chi connectivity index (χ2v) is 6.86. The lowest BCUT2D eigenvalue weighted by molar-refractivity contribution is 0.101. The third kappa shape index (κ3) is 2.51. The van der Waals surface area contributed by atoms with Crippen molar-refractivity contribution in [1.29, 1.82) is 0 Å². The van der Waals surface area contributed by atoms with Crippen LogP contribution in [0.5, 0.6) is 0 Å². The molecule has 0 aliphatic carbocycles. The lowest BCUT2D eigenvalue weighted by Gasteiger charge is -2.14. The number of halogens is 2. The smallest absolute Gasteiger partial charge is 0.187 e. The van der Waals surface area contributed by atoms with E-state index in [0.717, 1.165) is 16.7 Å². The highest BCUT2D eigenvalue weighted by molar-refractivity contribution is 9.25. The summed E-state index contributed by atoms with van der Waals surface area (Å²) in [7, 11) is 0. The Kier molecular flexibility index (Phi) is 4.13. The first-order chi connectivity index (χ1) is 6.86. The second kappa shape index (κ2) is 4.79. The number of hydrogen-bond acceptors (Lipinski definition) is 1. The molecule has 0 aliphatic heterocycles. The SMILES string of the molecule is Cc1cc(C)c(C)c(C(=O)C(Br)Br)c1C. The Morgan fingerprint density at radius 1 is 1.07 bits per heavy atom. The van der Waals surface area contributed by atoms with E-state index in [0.29, 0.717) is 0 Å². The molecule has 0 saturated heterocycles. The van der Waals surface area contributed by atoms with Crippen LogP contribution in [0.3, 0.4) is 0 Å². The topological polar surface area (TPSA) is 17.1 Å². The summed E-state index contributed by atoms with van der Waals surface area (Å²) in [6, 6.07) is 2.12. The molecule has 1 nitrogen and oxygen atoms in total. The Morgan fingerprint density at radius 2 is 1.47 bits per heavy atom. The van der Waals surface area contributed by atoms with E-state index in [1.165, 1.54) is 11.1 Å². The molecule has 0 radical (unpaired) electrons. The molecule has 1 aromatic carbocycles. The van der Waals surface area contributed by atoms with Crippen molar-refractivity contribution in [2.75, 3.05) is 0 Å². The van der Waals surface area contributed by atoms with Crippen molar-refractivity contribution in [2.45, 2.75) is 31.4 Å². The predicted molar refractivity (Wildman–Crippen MR) is 71.4 cm³/mol. The van der Waals surface area contributed by atoms with Crippen LogP contribution in [0.25, 0.3) is 0 Å². The van der Waals surface area contributed by atoms with Crippen molar-refractivity contribution in [1.82, 2.24) is 0 Å². The van der Waals surface area contributed by atoms with Crippen molar-refractivity contribution in [3.05, 3.63) is 33.9 Å². The first-order valence-electron chi connectivity index (χ1n) is 4.76. The molecule has 82 valence electrons. The van der Waals surface area contributed by atoms with Gasteiger partial charge in [-0.05, 0) is 49.9 Å². The maximum atomic E-state index is 12.0. The number of benzene rings is 1. The van der Waals surface area contributed by atoms with Crippen LogP contribution < -0.4 is 0 Å². The summed E-state index contributed by atoms with van der Waals surface area (Å²) in [4.78, 5) is 12.0. The van der Waals surface area contributed by atoms with Gasteiger partial charge in [-0.3, -0.25) is 4.79 Å². The number of carbonyl (C=O) groups excluding carboxylic acids is 1. The number of ketones is 1. The van der Waals surface area contributed by atoms with E-state index in [2.05, 4.69) is 37.9 Å². The van der Waals surface area contributed by atoms with Crippen molar-refractivity contribution in [3.8, 4) is 0 Å². The van der Waals surface area contributed by atoms with Crippen LogP contribution >= 0.6 is 31.9 Å². The third-order valence-corrected chi connectivity index (χ3v) is 3.64. The van der Waals surface area contributed by atoms with E-state index in [4.69, 9.17) is 0 Å². The number of hydrogen-bond donors (Lipinski definition) is 0. The van der Waals surface area contributed by atoms with Gasteiger partial charge in [-0.15, -0.1) is 0 Å². The minimum atomic E-state index is -0.302. The molecule has 15 heavy (non-hydrogen) atoms. The van der Waals surface area contributed by atoms with E-state index in [-0.39, 0.29) is 9.52 Å². The monoisotopic (exact) mass is 332 g/mol. The van der Waals surface area contributed by atoms with Crippen LogP contribution in [0.4, 0.5) is 0 Å². The number of Topliss-reactive ketones (excluding diaryl/α,β-unsaturated/α-hetero) is 1. The Balaban J connectivity index is 3.46. The fourth-order valence-electron chi connectivity index (χ4n) is 1.70. The maximum absolute atomic E-state index is 12.0. The number of aryl methyl sites for hydroxylation is 2. The van der Waals surface area contributed by atoms with Crippen LogP contribution in [-0.4, -0.2) is 9.52 Å². The average molecular weight is 334 g/mol. The van der Waals surface area contributed by atoms with Crippen LogP contribution in [-0.2, 0) is 0 Å². The fourth-order valence-corrected chi connectivity index (χ4v) is 2.15. The molecular weight excluding hydrogens is 320 g/mol. The van der Waals surface area contributed by atoms with Crippen LogP contribution in [0.15, 0.2) is 6.07 Å². The van der Waals surface area contributed by atoms with Gasteiger partial charge in [0, 0.05) is 5.56 Å². The van der Waals surface area contributed by atoms with Gasteiger partial charge in [-0.2, -0.15) is 0 Å². The molecule has 0 amide bonds. The van der Waals surface area contributed by atoms with E-state index in [9.17, 15) is 4.79 Å². The molecule has 0 atom stereocenters. The van der Waals surface area contributed by atoms with Gasteiger partial charge in [0.15, 0.2) is 5.78 Å². The minimum Gasteiger partial charge on any atom is -0.292 e. The number of alkyl halides is 2. The lowest BCUT2D eigenvalue weighted by Crippen LogP contribution is -2.13. The normalized spacial score (nSPS) is 10.9. The summed E-state index contributed by atoms with van der Waals surface area (Å²) < 4.78 is -0.302. The highest BCUT2D eigenvalue weighted by Crippen LogP contribution is 2.26. The minimum absolute atomic E-state index is 0.0943. The van der Waals surface area contributed by atoms with Crippen molar-refractivity contribution >= 4 is 37.6 Å². The molecule has 0 spiro atoms. The molecule has 0 saturated carbocycles. The van der Waals surface area contributed by atoms with Gasteiger partial charge >= 0.3 is 0 Å². The first-order valence-corrected chi connectivity index (χ1v) is 6.59. The highest BCUT2D eigenvalue weighted by atomic mass is 79.9. The molecule has 0 bridgehead atoms. The zero-order valence-corrected chi connectivity index (χ0v) is 12.5. The molecule has 0 fully saturated rings. The quantitative estimate of drug-likeness (QED) is 0.585. The lowest BCUT2D eigenvalue weighted by atomic mass is 9.92. The van der Waals surface area contributed by atoms with Gasteiger partial charge in [-0.1, -0.05) is 37.9 Å². The molecular formula is C12H14Br2O. The molecule has 1 rings (SSSR count). The summed E-state index contributed by atoms with van der Waals surface area (Å²) in [5.41, 5.74) is 5.33. The van der Waals surface area contributed by atoms with Gasteiger partial charge in [0.05, 0.1) is 0 Å². The zero-order chi connectivity index (χ0) is 11.7.